The molecule has 0 unspecified atom stereocenters. The number of rotatable bonds is 6. The van der Waals surface area contributed by atoms with Gasteiger partial charge in [-0.15, -0.1) is 0 Å². The van der Waals surface area contributed by atoms with E-state index in [4.69, 9.17) is 0 Å². The molecule has 5 aliphatic rings. The van der Waals surface area contributed by atoms with Crippen molar-refractivity contribution in [3.8, 4) is 6.07 Å². The number of carbonyl (C=O) groups is 2. The third-order valence-electron chi connectivity index (χ3n) is 8.78. The second-order valence-corrected chi connectivity index (χ2v) is 10.6. The zero-order chi connectivity index (χ0) is 22.1. The first-order valence-corrected chi connectivity index (χ1v) is 12.3. The van der Waals surface area contributed by atoms with Crippen molar-refractivity contribution >= 4 is 11.8 Å². The van der Waals surface area contributed by atoms with Gasteiger partial charge in [0.15, 0.2) is 0 Å². The minimum atomic E-state index is -1.11. The average Bonchev–Trinajstić information content (AvgIpc) is 3.20. The molecule has 2 N–H and O–H groups in total. The Bertz CT molecular complexity index is 705. The molecule has 2 bridgehead atoms. The first-order chi connectivity index (χ1) is 14.9. The van der Waals surface area contributed by atoms with Crippen LogP contribution in [0.2, 0.25) is 0 Å². The molecule has 6 nitrogen and oxygen atoms in total. The van der Waals surface area contributed by atoms with Crippen LogP contribution in [0.3, 0.4) is 0 Å². The van der Waals surface area contributed by atoms with E-state index in [-0.39, 0.29) is 48.3 Å². The number of nitrogens with zero attached hydrogens (tertiary/aromatic N) is 2. The predicted octanol–water partition coefficient (Wildman–Crippen LogP) is 3.22. The van der Waals surface area contributed by atoms with E-state index in [1.807, 2.05) is 6.07 Å². The summed E-state index contributed by atoms with van der Waals surface area (Å²) in [7, 11) is 0. The second-order valence-electron chi connectivity index (χ2n) is 10.6. The number of fused-ring (bicyclic) bond motifs is 3. The topological polar surface area (TPSA) is 85.2 Å². The molecule has 1 saturated heterocycles. The van der Waals surface area contributed by atoms with E-state index in [2.05, 4.69) is 17.6 Å². The minimum Gasteiger partial charge on any atom is -0.353 e. The molecule has 4 aliphatic carbocycles. The molecule has 1 heterocycles. The molecule has 0 aromatic rings. The molecule has 7 heteroatoms. The third kappa shape index (κ3) is 4.60. The SMILES string of the molecule is C[C@@H](NC(=O)C12CCC(NCC(=O)N3C[C@@H](F)C[C@H]3C#N)(CC1)CC2)C1CCCCC1. The fourth-order valence-corrected chi connectivity index (χ4v) is 6.45. The number of alkyl halides is 1. The standard InChI is InChI=1S/C24H37FN4O2/c1-17(18-5-3-2-4-6-18)28-22(31)23-7-10-24(11-8-23,12-9-23)27-15-21(30)29-16-19(25)13-20(29)14-26/h17-20,27H,2-13,15-16H2,1H3,(H,28,31)/t17-,19+,20+,23?,24?/m1/s1. The molecule has 5 fully saturated rings. The zero-order valence-corrected chi connectivity index (χ0v) is 18.8. The van der Waals surface area contributed by atoms with Crippen LogP contribution in [-0.4, -0.2) is 53.6 Å². The van der Waals surface area contributed by atoms with Crippen LogP contribution in [0.5, 0.6) is 0 Å². The summed E-state index contributed by atoms with van der Waals surface area (Å²) >= 11 is 0. The maximum Gasteiger partial charge on any atom is 0.237 e. The van der Waals surface area contributed by atoms with Crippen molar-refractivity contribution in [3.63, 3.8) is 0 Å². The maximum absolute atomic E-state index is 13.6. The van der Waals surface area contributed by atoms with Crippen LogP contribution in [0.1, 0.15) is 84.0 Å². The first kappa shape index (κ1) is 22.5. The van der Waals surface area contributed by atoms with Gasteiger partial charge in [0.25, 0.3) is 0 Å². The normalized spacial score (nSPS) is 36.7. The van der Waals surface area contributed by atoms with Crippen LogP contribution in [-0.2, 0) is 9.59 Å². The monoisotopic (exact) mass is 432 g/mol. The molecule has 31 heavy (non-hydrogen) atoms. The molecular weight excluding hydrogens is 395 g/mol. The smallest absolute Gasteiger partial charge is 0.237 e. The van der Waals surface area contributed by atoms with Gasteiger partial charge in [-0.25, -0.2) is 4.39 Å². The number of nitrogens with one attached hydrogen (secondary N) is 2. The fraction of sp³-hybridized carbons (Fsp3) is 0.875. The molecule has 5 rings (SSSR count). The highest BCUT2D eigenvalue weighted by Gasteiger charge is 2.52. The van der Waals surface area contributed by atoms with Gasteiger partial charge < -0.3 is 15.5 Å². The van der Waals surface area contributed by atoms with E-state index in [9.17, 15) is 19.2 Å². The Labute approximate surface area is 185 Å². The van der Waals surface area contributed by atoms with E-state index in [1.54, 1.807) is 0 Å². The molecule has 0 spiro atoms. The molecule has 0 aromatic heterocycles. The number of halogens is 1. The highest BCUT2D eigenvalue weighted by molar-refractivity contribution is 5.83. The third-order valence-corrected chi connectivity index (χ3v) is 8.78. The summed E-state index contributed by atoms with van der Waals surface area (Å²) in [6.45, 7) is 2.33. The summed E-state index contributed by atoms with van der Waals surface area (Å²) < 4.78 is 13.6. The quantitative estimate of drug-likeness (QED) is 0.675. The van der Waals surface area contributed by atoms with E-state index in [1.165, 1.54) is 37.0 Å². The van der Waals surface area contributed by atoms with Crippen molar-refractivity contribution < 1.29 is 14.0 Å². The Morgan fingerprint density at radius 1 is 1.13 bits per heavy atom. The van der Waals surface area contributed by atoms with Crippen LogP contribution in [0.4, 0.5) is 4.39 Å². The minimum absolute atomic E-state index is 0.0220. The van der Waals surface area contributed by atoms with Crippen LogP contribution < -0.4 is 10.6 Å². The zero-order valence-electron chi connectivity index (χ0n) is 18.8. The van der Waals surface area contributed by atoms with Crippen molar-refractivity contribution in [2.75, 3.05) is 13.1 Å². The van der Waals surface area contributed by atoms with Gasteiger partial charge in [0.05, 0.1) is 19.2 Å². The van der Waals surface area contributed by atoms with Gasteiger partial charge in [-0.05, 0) is 64.2 Å². The second kappa shape index (κ2) is 9.05. The predicted molar refractivity (Wildman–Crippen MR) is 116 cm³/mol. The molecule has 1 aliphatic heterocycles. The van der Waals surface area contributed by atoms with E-state index in [0.717, 1.165) is 38.5 Å². The van der Waals surface area contributed by atoms with Crippen LogP contribution >= 0.6 is 0 Å². The van der Waals surface area contributed by atoms with Crippen molar-refractivity contribution in [1.82, 2.24) is 15.5 Å². The maximum atomic E-state index is 13.6. The van der Waals surface area contributed by atoms with E-state index >= 15 is 0 Å². The fourth-order valence-electron chi connectivity index (χ4n) is 6.45. The number of likely N-dealkylation sites (tertiary alicyclic amines) is 1. The summed E-state index contributed by atoms with van der Waals surface area (Å²) in [6, 6.07) is 1.64. The number of hydrogen-bond donors (Lipinski definition) is 2. The Morgan fingerprint density at radius 3 is 2.39 bits per heavy atom. The number of carbonyl (C=O) groups excluding carboxylic acids is 2. The number of hydrogen-bond acceptors (Lipinski definition) is 4. The lowest BCUT2D eigenvalue weighted by Gasteiger charge is -2.53. The Morgan fingerprint density at radius 2 is 1.77 bits per heavy atom. The van der Waals surface area contributed by atoms with Gasteiger partial charge in [-0.2, -0.15) is 5.26 Å². The molecule has 0 aromatic carbocycles. The lowest BCUT2D eigenvalue weighted by atomic mass is 9.56. The van der Waals surface area contributed by atoms with Crippen molar-refractivity contribution in [2.45, 2.75) is 108 Å². The van der Waals surface area contributed by atoms with E-state index in [0.29, 0.717) is 5.92 Å². The molecule has 0 radical (unpaired) electrons. The summed E-state index contributed by atoms with van der Waals surface area (Å²) in [5.74, 6) is 0.653. The molecule has 3 atom stereocenters. The number of nitriles is 1. The van der Waals surface area contributed by atoms with Crippen LogP contribution in [0.25, 0.3) is 0 Å². The molecule has 4 saturated carbocycles. The van der Waals surface area contributed by atoms with Crippen LogP contribution in [0.15, 0.2) is 0 Å². The van der Waals surface area contributed by atoms with Gasteiger partial charge in [-0.1, -0.05) is 19.3 Å². The first-order valence-electron chi connectivity index (χ1n) is 12.3. The molecule has 2 amide bonds. The molecule has 172 valence electrons. The van der Waals surface area contributed by atoms with Crippen molar-refractivity contribution in [3.05, 3.63) is 0 Å². The molecular formula is C24H37FN4O2. The highest BCUT2D eigenvalue weighted by Crippen LogP contribution is 2.52. The lowest BCUT2D eigenvalue weighted by molar-refractivity contribution is -0.140. The van der Waals surface area contributed by atoms with Gasteiger partial charge in [0, 0.05) is 23.4 Å². The average molecular weight is 433 g/mol. The van der Waals surface area contributed by atoms with E-state index < -0.39 is 12.2 Å². The lowest BCUT2D eigenvalue weighted by Crippen LogP contribution is -2.60. The highest BCUT2D eigenvalue weighted by atomic mass is 19.1. The largest absolute Gasteiger partial charge is 0.353 e. The van der Waals surface area contributed by atoms with Gasteiger partial charge in [0.2, 0.25) is 11.8 Å². The Kier molecular flexibility index (Phi) is 6.57. The van der Waals surface area contributed by atoms with Crippen LogP contribution in [0, 0.1) is 22.7 Å². The van der Waals surface area contributed by atoms with Gasteiger partial charge >= 0.3 is 0 Å². The summed E-state index contributed by atoms with van der Waals surface area (Å²) in [6.07, 6.45) is 10.6. The summed E-state index contributed by atoms with van der Waals surface area (Å²) in [5, 5.41) is 16.0. The van der Waals surface area contributed by atoms with Crippen molar-refractivity contribution in [1.29, 1.82) is 5.26 Å². The number of amides is 2. The summed E-state index contributed by atoms with van der Waals surface area (Å²) in [4.78, 5) is 27.2. The van der Waals surface area contributed by atoms with Crippen molar-refractivity contribution in [2.24, 2.45) is 11.3 Å². The summed E-state index contributed by atoms with van der Waals surface area (Å²) in [5.41, 5.74) is -0.359. The van der Waals surface area contributed by atoms with Gasteiger partial charge in [0.1, 0.15) is 12.2 Å². The van der Waals surface area contributed by atoms with Gasteiger partial charge in [-0.3, -0.25) is 9.59 Å². The Hall–Kier alpha value is -1.68. The Balaban J connectivity index is 1.28.